The number of amides is 6. The molecule has 0 unspecified atom stereocenters. The maximum absolute atomic E-state index is 14.4. The van der Waals surface area contributed by atoms with Crippen LogP contribution in [0.1, 0.15) is 116 Å². The van der Waals surface area contributed by atoms with Crippen LogP contribution < -0.4 is 21.3 Å². The number of carboxylic acid groups (broad SMARTS) is 4. The van der Waals surface area contributed by atoms with Gasteiger partial charge >= 0.3 is 23.9 Å². The van der Waals surface area contributed by atoms with Gasteiger partial charge in [-0.2, -0.15) is 0 Å². The maximum atomic E-state index is 14.4. The van der Waals surface area contributed by atoms with Gasteiger partial charge in [0, 0.05) is 198 Å². The average molecular weight is 1720 g/mol. The SMILES string of the molecule is CCNC(=O)c1nnc(-c2cc(C(C)C)c(O)cc2O)n1-c1ccc(CN2CCN(C(=O)CNC(=O)[C@H](CC(=O)N3CCN(Cc4ccc(-n5c(C(=O)NCC)nnc5-c5cc(C(C)C)c(O)cc5O)cc4)CC3)NC(=O)CC[C@H](C(=O)O)N3CCN(CC(=O)O)CCN(CC(=O)O)CCN(CC(=O)O)CC3)CC2)cc1.[Lu]. The van der Waals surface area contributed by atoms with E-state index >= 15 is 0 Å². The molecule has 2 aromatic heterocycles. The Hall–Kier alpha value is -9.95. The van der Waals surface area contributed by atoms with E-state index in [-0.39, 0.29) is 198 Å². The summed E-state index contributed by atoms with van der Waals surface area (Å²) in [4.78, 5) is 146. The van der Waals surface area contributed by atoms with Crippen molar-refractivity contribution in [2.75, 3.05) is 144 Å². The van der Waals surface area contributed by atoms with Gasteiger partial charge in [0.1, 0.15) is 35.1 Å². The fourth-order valence-electron chi connectivity index (χ4n) is 13.8. The molecule has 36 nitrogen and oxygen atoms in total. The van der Waals surface area contributed by atoms with Crippen molar-refractivity contribution in [2.24, 2.45) is 0 Å². The predicted octanol–water partition coefficient (Wildman–Crippen LogP) is 1.44. The van der Waals surface area contributed by atoms with Crippen molar-refractivity contribution < 1.29 is 126 Å². The summed E-state index contributed by atoms with van der Waals surface area (Å²) in [6.45, 7) is 13.7. The monoisotopic (exact) mass is 1720 g/mol. The number of hydrogen-bond donors (Lipinski definition) is 12. The molecule has 3 aliphatic rings. The Bertz CT molecular complexity index is 4280. The molecule has 5 heterocycles. The van der Waals surface area contributed by atoms with Gasteiger partial charge in [0.2, 0.25) is 35.3 Å². The Morgan fingerprint density at radius 3 is 1.20 bits per heavy atom. The standard InChI is InChI=1S/C75H100N18O18.Lu/c1-7-76-73(108)70-82-80-68(54-35-52(46(3)4)58(94)38-60(54)96)92(70)50-13-9-48(10-14-50)41-84-25-31-90(32-26-84)63(99)37-56(79-62(98)18-17-57(75(110)111)89-29-23-87(44-66(103)104)21-19-86(43-65(101)102)20-22-88(24-30-89)45-67(105)106)72(107)78-40-64(100)91-33-27-85(28-34-91)42-49-11-15-51(16-12-49)93-69(81-83-71(93)74(109)77-8-2)55-36-53(47(5)6)59(95)39-61(55)97;/h9-16,35-36,38-39,46-47,56-57,94-97H,7-8,17-34,37,40-45H2,1-6H3,(H,76,108)(H,77,109)(H,78,107)(H,79,98)(H,101,102)(H,103,104)(H,105,106)(H,110,111);/t56-,57+;/m0./s1. The second-order valence-electron chi connectivity index (χ2n) is 28.4. The second-order valence-corrected chi connectivity index (χ2v) is 28.4. The molecule has 3 aliphatic heterocycles. The second kappa shape index (κ2) is 41.0. The van der Waals surface area contributed by atoms with Gasteiger partial charge in [0.15, 0.2) is 11.6 Å². The summed E-state index contributed by atoms with van der Waals surface area (Å²) in [5, 5.41) is 111. The zero-order valence-corrected chi connectivity index (χ0v) is 65.2. The number of carbonyl (C=O) groups excluding carboxylic acids is 6. The van der Waals surface area contributed by atoms with Gasteiger partial charge in [-0.05, 0) is 90.8 Å². The van der Waals surface area contributed by atoms with Gasteiger partial charge in [0.25, 0.3) is 11.8 Å². The molecule has 9 rings (SSSR count). The molecule has 37 heteroatoms. The van der Waals surface area contributed by atoms with Gasteiger partial charge in [0.05, 0.1) is 43.7 Å². The summed E-state index contributed by atoms with van der Waals surface area (Å²) in [6.07, 6.45) is -1.40. The van der Waals surface area contributed by atoms with E-state index in [1.165, 1.54) is 36.0 Å². The van der Waals surface area contributed by atoms with E-state index in [4.69, 9.17) is 0 Å². The molecule has 112 heavy (non-hydrogen) atoms. The van der Waals surface area contributed by atoms with Crippen molar-refractivity contribution >= 4 is 59.3 Å². The van der Waals surface area contributed by atoms with E-state index in [9.17, 15) is 88.8 Å². The number of phenols is 4. The minimum Gasteiger partial charge on any atom is -0.508 e. The zero-order valence-electron chi connectivity index (χ0n) is 63.5. The minimum absolute atomic E-state index is 0. The first kappa shape index (κ1) is 87.6. The van der Waals surface area contributed by atoms with Crippen LogP contribution >= 0.6 is 0 Å². The number of nitrogens with one attached hydrogen (secondary N) is 4. The number of carboxylic acids is 4. The van der Waals surface area contributed by atoms with Crippen LogP contribution in [0.5, 0.6) is 23.0 Å². The summed E-state index contributed by atoms with van der Waals surface area (Å²) in [5.74, 6) is -9.13. The number of nitrogens with zero attached hydrogens (tertiary/aromatic N) is 14. The molecule has 0 bridgehead atoms. The third-order valence-electron chi connectivity index (χ3n) is 19.8. The molecule has 0 saturated carbocycles. The first-order valence-electron chi connectivity index (χ1n) is 37.1. The van der Waals surface area contributed by atoms with Crippen molar-refractivity contribution in [3.8, 4) is 57.1 Å². The number of aliphatic carboxylic acids is 4. The third kappa shape index (κ3) is 23.6. The van der Waals surface area contributed by atoms with Crippen LogP contribution in [0.25, 0.3) is 34.2 Å². The van der Waals surface area contributed by atoms with Crippen LogP contribution in [0.15, 0.2) is 72.8 Å². The number of phenolic OH excluding ortho intramolecular Hbond substituents is 4. The van der Waals surface area contributed by atoms with E-state index in [0.29, 0.717) is 74.9 Å². The molecule has 613 valence electrons. The number of piperazine rings is 2. The Labute approximate surface area is 676 Å². The summed E-state index contributed by atoms with van der Waals surface area (Å²) in [7, 11) is 0. The average Bonchev–Trinajstić information content (AvgIpc) is 1.75. The van der Waals surface area contributed by atoms with Crippen LogP contribution in [0.3, 0.4) is 0 Å². The van der Waals surface area contributed by atoms with E-state index < -0.39 is 104 Å². The number of aromatic hydroxyl groups is 4. The smallest absolute Gasteiger partial charge is 0.320 e. The van der Waals surface area contributed by atoms with E-state index in [2.05, 4.69) is 51.5 Å². The fraction of sp³-hybridized carbons (Fsp3) is 0.493. The summed E-state index contributed by atoms with van der Waals surface area (Å²) in [6, 6.07) is 17.4. The normalized spacial score (nSPS) is 16.0. The molecular weight excluding hydrogens is 1620 g/mol. The number of benzene rings is 4. The molecule has 1 radical (unpaired) electrons. The molecule has 4 aromatic carbocycles. The van der Waals surface area contributed by atoms with Crippen molar-refractivity contribution in [2.45, 2.75) is 97.8 Å². The minimum atomic E-state index is -1.55. The Morgan fingerprint density at radius 1 is 0.455 bits per heavy atom. The predicted molar refractivity (Wildman–Crippen MR) is 402 cm³/mol. The number of aromatic nitrogens is 6. The summed E-state index contributed by atoms with van der Waals surface area (Å²) in [5.41, 5.74) is 4.40. The Balaban J connectivity index is 0.0000157. The van der Waals surface area contributed by atoms with E-state index in [1.54, 1.807) is 64.9 Å². The van der Waals surface area contributed by atoms with Crippen molar-refractivity contribution in [3.63, 3.8) is 0 Å². The Kier molecular flexibility index (Phi) is 32.1. The van der Waals surface area contributed by atoms with E-state index in [0.717, 1.165) is 11.1 Å². The number of rotatable bonds is 31. The quantitative estimate of drug-likeness (QED) is 0.0293. The molecule has 6 aromatic rings. The molecule has 2 atom stereocenters. The van der Waals surface area contributed by atoms with Crippen LogP contribution in [-0.4, -0.2) is 325 Å². The maximum Gasteiger partial charge on any atom is 0.320 e. The van der Waals surface area contributed by atoms with Gasteiger partial charge in [-0.25, -0.2) is 0 Å². The molecule has 12 N–H and O–H groups in total. The van der Waals surface area contributed by atoms with Gasteiger partial charge in [-0.15, -0.1) is 20.4 Å². The van der Waals surface area contributed by atoms with E-state index in [1.807, 2.05) is 52.0 Å². The molecule has 0 aliphatic carbocycles. The summed E-state index contributed by atoms with van der Waals surface area (Å²) >= 11 is 0. The van der Waals surface area contributed by atoms with Gasteiger partial charge < -0.3 is 71.9 Å². The number of carbonyl (C=O) groups is 10. The van der Waals surface area contributed by atoms with Crippen molar-refractivity contribution in [1.82, 2.24) is 90.0 Å². The molecule has 6 amide bonds. The van der Waals surface area contributed by atoms with Gasteiger partial charge in [-0.3, -0.25) is 86.5 Å². The van der Waals surface area contributed by atoms with Crippen LogP contribution in [0.2, 0.25) is 0 Å². The largest absolute Gasteiger partial charge is 0.508 e. The third-order valence-corrected chi connectivity index (χ3v) is 19.8. The molecular formula is C75H100LuN18O18. The zero-order chi connectivity index (χ0) is 80.3. The van der Waals surface area contributed by atoms with Crippen LogP contribution in [-0.2, 0) is 51.4 Å². The fourth-order valence-corrected chi connectivity index (χ4v) is 13.8. The molecule has 3 fully saturated rings. The molecule has 3 saturated heterocycles. The van der Waals surface area contributed by atoms with Crippen molar-refractivity contribution in [1.29, 1.82) is 0 Å². The summed E-state index contributed by atoms with van der Waals surface area (Å²) < 4.78 is 3.06. The molecule has 0 spiro atoms. The van der Waals surface area contributed by atoms with Crippen LogP contribution in [0.4, 0.5) is 0 Å². The first-order chi connectivity index (χ1) is 53.0. The number of hydrogen-bond acceptors (Lipinski definition) is 24. The first-order valence-corrected chi connectivity index (χ1v) is 37.1. The Morgan fingerprint density at radius 2 is 0.830 bits per heavy atom. The topological polar surface area (TPSA) is 468 Å². The van der Waals surface area contributed by atoms with Crippen molar-refractivity contribution in [3.05, 3.63) is 107 Å². The van der Waals surface area contributed by atoms with Gasteiger partial charge in [-0.1, -0.05) is 52.0 Å². The van der Waals surface area contributed by atoms with Crippen LogP contribution in [0, 0.1) is 36.9 Å².